The Morgan fingerprint density at radius 3 is 2.63 bits per heavy atom. The molecular weight excluding hydrogens is 461 g/mol. The maximum absolute atomic E-state index is 12.2. The molecule has 0 radical (unpaired) electrons. The number of nitrogens with zero attached hydrogens (tertiary/aromatic N) is 1. The van der Waals surface area contributed by atoms with Gasteiger partial charge in [0.25, 0.3) is 5.91 Å². The molecule has 0 atom stereocenters. The van der Waals surface area contributed by atoms with Crippen LogP contribution < -0.4 is 20.2 Å². The Kier molecular flexibility index (Phi) is 6.28. The molecule has 0 aromatic heterocycles. The van der Waals surface area contributed by atoms with Crippen LogP contribution in [0.1, 0.15) is 23.7 Å². The largest absolute Gasteiger partial charge is 0.486 e. The molecular formula is C19H18IN3O4. The van der Waals surface area contributed by atoms with Gasteiger partial charge in [0.1, 0.15) is 13.2 Å². The molecule has 7 nitrogen and oxygen atoms in total. The lowest BCUT2D eigenvalue weighted by Crippen LogP contribution is -2.22. The van der Waals surface area contributed by atoms with E-state index in [9.17, 15) is 9.59 Å². The van der Waals surface area contributed by atoms with Crippen LogP contribution in [-0.2, 0) is 4.79 Å². The molecule has 0 unspecified atom stereocenters. The van der Waals surface area contributed by atoms with Crippen molar-refractivity contribution in [2.75, 3.05) is 18.5 Å². The van der Waals surface area contributed by atoms with Crippen LogP contribution >= 0.6 is 22.6 Å². The number of anilines is 1. The number of ether oxygens (including phenoxy) is 2. The first-order valence-corrected chi connectivity index (χ1v) is 9.38. The minimum absolute atomic E-state index is 0.0562. The van der Waals surface area contributed by atoms with E-state index >= 15 is 0 Å². The van der Waals surface area contributed by atoms with E-state index < -0.39 is 0 Å². The molecule has 2 aromatic rings. The molecule has 0 bridgehead atoms. The Morgan fingerprint density at radius 1 is 1.11 bits per heavy atom. The van der Waals surface area contributed by atoms with E-state index in [0.717, 1.165) is 3.57 Å². The van der Waals surface area contributed by atoms with Crippen LogP contribution in [0, 0.1) is 3.57 Å². The number of hydrogen-bond donors (Lipinski definition) is 2. The number of fused-ring (bicyclic) bond motifs is 1. The van der Waals surface area contributed by atoms with Crippen molar-refractivity contribution in [1.82, 2.24) is 5.43 Å². The summed E-state index contributed by atoms with van der Waals surface area (Å²) >= 11 is 2.09. The highest BCUT2D eigenvalue weighted by atomic mass is 127. The standard InChI is InChI=1S/C19H18IN3O4/c1-12(22-23-19(25)14-4-2-3-5-15(14)20)10-18(24)21-13-6-7-16-17(11-13)27-9-8-26-16/h2-7,11H,8-10H2,1H3,(H,21,24)(H,23,25)/b22-12-. The molecule has 27 heavy (non-hydrogen) atoms. The molecule has 0 saturated heterocycles. The fourth-order valence-electron chi connectivity index (χ4n) is 2.45. The number of benzene rings is 2. The number of nitrogens with one attached hydrogen (secondary N) is 2. The summed E-state index contributed by atoms with van der Waals surface area (Å²) in [6, 6.07) is 12.4. The van der Waals surface area contributed by atoms with Gasteiger partial charge in [-0.25, -0.2) is 5.43 Å². The summed E-state index contributed by atoms with van der Waals surface area (Å²) in [6.07, 6.45) is 0.0562. The topological polar surface area (TPSA) is 89.0 Å². The predicted octanol–water partition coefficient (Wildman–Crippen LogP) is 3.20. The third kappa shape index (κ3) is 5.19. The first kappa shape index (κ1) is 19.2. The highest BCUT2D eigenvalue weighted by Gasteiger charge is 2.13. The number of hydrogen-bond acceptors (Lipinski definition) is 5. The summed E-state index contributed by atoms with van der Waals surface area (Å²) < 4.78 is 11.8. The number of amides is 2. The van der Waals surface area contributed by atoms with Crippen LogP contribution in [0.3, 0.4) is 0 Å². The monoisotopic (exact) mass is 479 g/mol. The number of carbonyl (C=O) groups is 2. The van der Waals surface area contributed by atoms with Crippen LogP contribution in [0.4, 0.5) is 5.69 Å². The number of rotatable bonds is 5. The summed E-state index contributed by atoms with van der Waals surface area (Å²) in [5.41, 5.74) is 4.12. The lowest BCUT2D eigenvalue weighted by Gasteiger charge is -2.19. The summed E-state index contributed by atoms with van der Waals surface area (Å²) in [4.78, 5) is 24.3. The lowest BCUT2D eigenvalue weighted by atomic mass is 10.2. The van der Waals surface area contributed by atoms with Crippen LogP contribution in [0.2, 0.25) is 0 Å². The zero-order valence-corrected chi connectivity index (χ0v) is 16.8. The highest BCUT2D eigenvalue weighted by Crippen LogP contribution is 2.32. The Bertz CT molecular complexity index is 898. The van der Waals surface area contributed by atoms with Crippen LogP contribution in [0.5, 0.6) is 11.5 Å². The normalized spacial score (nSPS) is 13.0. The summed E-state index contributed by atoms with van der Waals surface area (Å²) in [7, 11) is 0. The van der Waals surface area contributed by atoms with E-state index in [1.165, 1.54) is 0 Å². The molecule has 2 amide bonds. The highest BCUT2D eigenvalue weighted by molar-refractivity contribution is 14.1. The Morgan fingerprint density at radius 2 is 1.85 bits per heavy atom. The maximum atomic E-state index is 12.2. The molecule has 0 aliphatic carbocycles. The molecule has 2 aromatic carbocycles. The van der Waals surface area contributed by atoms with Gasteiger partial charge in [-0.3, -0.25) is 9.59 Å². The number of carbonyl (C=O) groups excluding carboxylic acids is 2. The minimum atomic E-state index is -0.313. The van der Waals surface area contributed by atoms with Gasteiger partial charge in [0.15, 0.2) is 11.5 Å². The van der Waals surface area contributed by atoms with E-state index in [2.05, 4.69) is 38.4 Å². The first-order valence-electron chi connectivity index (χ1n) is 8.30. The molecule has 3 rings (SSSR count). The second kappa shape index (κ2) is 8.85. The number of hydrazone groups is 1. The van der Waals surface area contributed by atoms with Crippen molar-refractivity contribution in [3.8, 4) is 11.5 Å². The van der Waals surface area contributed by atoms with Gasteiger partial charge in [0.05, 0.1) is 12.0 Å². The van der Waals surface area contributed by atoms with Gasteiger partial charge in [-0.05, 0) is 53.8 Å². The van der Waals surface area contributed by atoms with Crippen molar-refractivity contribution in [1.29, 1.82) is 0 Å². The quantitative estimate of drug-likeness (QED) is 0.392. The van der Waals surface area contributed by atoms with E-state index in [4.69, 9.17) is 9.47 Å². The SMILES string of the molecule is C/C(CC(=O)Nc1ccc2c(c1)OCCO2)=N/NC(=O)c1ccccc1I. The maximum Gasteiger partial charge on any atom is 0.272 e. The Labute approximate surface area is 170 Å². The second-order valence-electron chi connectivity index (χ2n) is 5.85. The van der Waals surface area contributed by atoms with Gasteiger partial charge < -0.3 is 14.8 Å². The third-order valence-corrected chi connectivity index (χ3v) is 4.65. The zero-order valence-electron chi connectivity index (χ0n) is 14.6. The Balaban J connectivity index is 1.55. The third-order valence-electron chi connectivity index (χ3n) is 3.71. The smallest absolute Gasteiger partial charge is 0.272 e. The lowest BCUT2D eigenvalue weighted by molar-refractivity contribution is -0.115. The zero-order chi connectivity index (χ0) is 19.2. The summed E-state index contributed by atoms with van der Waals surface area (Å²) in [6.45, 7) is 2.68. The molecule has 1 aliphatic rings. The molecule has 0 fully saturated rings. The summed E-state index contributed by atoms with van der Waals surface area (Å²) in [5.74, 6) is 0.715. The van der Waals surface area contributed by atoms with Crippen molar-refractivity contribution in [2.45, 2.75) is 13.3 Å². The average molecular weight is 479 g/mol. The van der Waals surface area contributed by atoms with E-state index in [-0.39, 0.29) is 18.2 Å². The molecule has 1 aliphatic heterocycles. The van der Waals surface area contributed by atoms with Crippen molar-refractivity contribution in [3.05, 3.63) is 51.6 Å². The van der Waals surface area contributed by atoms with Crippen molar-refractivity contribution in [2.24, 2.45) is 5.10 Å². The van der Waals surface area contributed by atoms with Crippen LogP contribution in [0.25, 0.3) is 0 Å². The van der Waals surface area contributed by atoms with Crippen molar-refractivity contribution < 1.29 is 19.1 Å². The first-order chi connectivity index (χ1) is 13.0. The Hall–Kier alpha value is -2.62. The van der Waals surface area contributed by atoms with Gasteiger partial charge in [-0.1, -0.05) is 12.1 Å². The molecule has 0 spiro atoms. The van der Waals surface area contributed by atoms with E-state index in [1.807, 2.05) is 12.1 Å². The van der Waals surface area contributed by atoms with Gasteiger partial charge in [-0.2, -0.15) is 5.10 Å². The minimum Gasteiger partial charge on any atom is -0.486 e. The predicted molar refractivity (Wildman–Crippen MR) is 110 cm³/mol. The average Bonchev–Trinajstić information content (AvgIpc) is 2.66. The van der Waals surface area contributed by atoms with Crippen LogP contribution in [-0.4, -0.2) is 30.7 Å². The summed E-state index contributed by atoms with van der Waals surface area (Å²) in [5, 5.41) is 6.78. The second-order valence-corrected chi connectivity index (χ2v) is 7.01. The van der Waals surface area contributed by atoms with Gasteiger partial charge in [-0.15, -0.1) is 0 Å². The van der Waals surface area contributed by atoms with Crippen LogP contribution in [0.15, 0.2) is 47.6 Å². The van der Waals surface area contributed by atoms with Crippen molar-refractivity contribution >= 4 is 45.8 Å². The van der Waals surface area contributed by atoms with Gasteiger partial charge in [0, 0.05) is 21.0 Å². The van der Waals surface area contributed by atoms with E-state index in [0.29, 0.717) is 41.7 Å². The van der Waals surface area contributed by atoms with E-state index in [1.54, 1.807) is 37.3 Å². The van der Waals surface area contributed by atoms with Crippen molar-refractivity contribution in [3.63, 3.8) is 0 Å². The molecule has 0 saturated carbocycles. The van der Waals surface area contributed by atoms with Gasteiger partial charge >= 0.3 is 0 Å². The molecule has 2 N–H and O–H groups in total. The number of halogens is 1. The molecule has 1 heterocycles. The van der Waals surface area contributed by atoms with Gasteiger partial charge in [0.2, 0.25) is 5.91 Å². The molecule has 8 heteroatoms. The fraction of sp³-hybridized carbons (Fsp3) is 0.211. The molecule has 140 valence electrons. The fourth-order valence-corrected chi connectivity index (χ4v) is 3.08.